The Morgan fingerprint density at radius 3 is 2.76 bits per heavy atom. The van der Waals surface area contributed by atoms with Gasteiger partial charge in [0.25, 0.3) is 0 Å². The van der Waals surface area contributed by atoms with Gasteiger partial charge in [0.15, 0.2) is 11.5 Å². The maximum atomic E-state index is 5.42. The van der Waals surface area contributed by atoms with Crippen molar-refractivity contribution in [2.24, 2.45) is 0 Å². The summed E-state index contributed by atoms with van der Waals surface area (Å²) in [6.07, 6.45) is 0. The van der Waals surface area contributed by atoms with E-state index in [9.17, 15) is 0 Å². The van der Waals surface area contributed by atoms with Crippen LogP contribution >= 0.6 is 0 Å². The highest BCUT2D eigenvalue weighted by Crippen LogP contribution is 2.35. The van der Waals surface area contributed by atoms with Crippen LogP contribution in [0.5, 0.6) is 11.5 Å². The van der Waals surface area contributed by atoms with Crippen LogP contribution in [0.4, 0.5) is 5.69 Å². The van der Waals surface area contributed by atoms with Crippen molar-refractivity contribution in [3.63, 3.8) is 0 Å². The molecule has 0 fully saturated rings. The van der Waals surface area contributed by atoms with Crippen molar-refractivity contribution in [3.8, 4) is 11.5 Å². The quantitative estimate of drug-likeness (QED) is 0.936. The average molecular weight is 287 g/mol. The zero-order valence-electron chi connectivity index (χ0n) is 12.9. The SMILES string of the molecule is CCn1nc(C)c(C(C)Nc2ccc3c(c2)OCO3)c1C. The fraction of sp³-hybridized carbons (Fsp3) is 0.438. The predicted octanol–water partition coefficient (Wildman–Crippen LogP) is 3.42. The first-order chi connectivity index (χ1) is 10.1. The first-order valence-corrected chi connectivity index (χ1v) is 7.30. The van der Waals surface area contributed by atoms with E-state index < -0.39 is 0 Å². The highest BCUT2D eigenvalue weighted by molar-refractivity contribution is 5.56. The lowest BCUT2D eigenvalue weighted by atomic mass is 10.1. The maximum Gasteiger partial charge on any atom is 0.231 e. The van der Waals surface area contributed by atoms with E-state index in [2.05, 4.69) is 38.1 Å². The number of nitrogens with one attached hydrogen (secondary N) is 1. The smallest absolute Gasteiger partial charge is 0.231 e. The van der Waals surface area contributed by atoms with Crippen LogP contribution in [0.2, 0.25) is 0 Å². The molecule has 5 heteroatoms. The Bertz CT molecular complexity index is 664. The summed E-state index contributed by atoms with van der Waals surface area (Å²) in [6.45, 7) is 9.64. The third kappa shape index (κ3) is 2.44. The molecule has 21 heavy (non-hydrogen) atoms. The number of ether oxygens (including phenoxy) is 2. The Morgan fingerprint density at radius 2 is 2.05 bits per heavy atom. The topological polar surface area (TPSA) is 48.3 Å². The van der Waals surface area contributed by atoms with Gasteiger partial charge in [-0.15, -0.1) is 0 Å². The normalized spacial score (nSPS) is 14.3. The minimum absolute atomic E-state index is 0.186. The van der Waals surface area contributed by atoms with Gasteiger partial charge in [0.1, 0.15) is 0 Å². The molecule has 0 saturated carbocycles. The molecule has 0 amide bonds. The van der Waals surface area contributed by atoms with Gasteiger partial charge in [0.2, 0.25) is 6.79 Å². The van der Waals surface area contributed by atoms with Gasteiger partial charge in [-0.05, 0) is 39.8 Å². The average Bonchev–Trinajstić information content (AvgIpc) is 3.02. The van der Waals surface area contributed by atoms with Crippen molar-refractivity contribution in [1.29, 1.82) is 0 Å². The van der Waals surface area contributed by atoms with E-state index >= 15 is 0 Å². The van der Waals surface area contributed by atoms with E-state index in [0.717, 1.165) is 29.4 Å². The molecule has 0 bridgehead atoms. The molecule has 5 nitrogen and oxygen atoms in total. The van der Waals surface area contributed by atoms with Crippen molar-refractivity contribution in [3.05, 3.63) is 35.2 Å². The molecule has 1 N–H and O–H groups in total. The molecule has 3 rings (SSSR count). The van der Waals surface area contributed by atoms with Crippen molar-refractivity contribution in [1.82, 2.24) is 9.78 Å². The van der Waals surface area contributed by atoms with Crippen molar-refractivity contribution < 1.29 is 9.47 Å². The first-order valence-electron chi connectivity index (χ1n) is 7.30. The monoisotopic (exact) mass is 287 g/mol. The Labute approximate surface area is 124 Å². The summed E-state index contributed by atoms with van der Waals surface area (Å²) < 4.78 is 12.8. The lowest BCUT2D eigenvalue weighted by molar-refractivity contribution is 0.174. The second-order valence-corrected chi connectivity index (χ2v) is 5.33. The minimum atomic E-state index is 0.186. The lowest BCUT2D eigenvalue weighted by Gasteiger charge is -2.16. The van der Waals surface area contributed by atoms with Crippen LogP contribution in [0.3, 0.4) is 0 Å². The molecule has 0 spiro atoms. The number of hydrogen-bond acceptors (Lipinski definition) is 4. The van der Waals surface area contributed by atoms with Gasteiger partial charge in [-0.1, -0.05) is 0 Å². The van der Waals surface area contributed by atoms with Crippen molar-refractivity contribution in [2.75, 3.05) is 12.1 Å². The zero-order chi connectivity index (χ0) is 15.0. The number of hydrogen-bond donors (Lipinski definition) is 1. The molecule has 1 aliphatic heterocycles. The van der Waals surface area contributed by atoms with Crippen LogP contribution in [0.15, 0.2) is 18.2 Å². The molecule has 1 atom stereocenters. The van der Waals surface area contributed by atoms with Gasteiger partial charge >= 0.3 is 0 Å². The fourth-order valence-corrected chi connectivity index (χ4v) is 2.95. The van der Waals surface area contributed by atoms with Crippen LogP contribution in [0.25, 0.3) is 0 Å². The Hall–Kier alpha value is -2.17. The summed E-state index contributed by atoms with van der Waals surface area (Å²) in [7, 11) is 0. The van der Waals surface area contributed by atoms with Crippen LogP contribution in [0.1, 0.15) is 36.8 Å². The molecule has 1 aliphatic rings. The van der Waals surface area contributed by atoms with Crippen LogP contribution in [-0.2, 0) is 6.54 Å². The molecule has 0 radical (unpaired) electrons. The van der Waals surface area contributed by atoms with Gasteiger partial charge in [-0.2, -0.15) is 5.10 Å². The number of fused-ring (bicyclic) bond motifs is 1. The van der Waals surface area contributed by atoms with E-state index in [1.807, 2.05) is 22.9 Å². The minimum Gasteiger partial charge on any atom is -0.454 e. The van der Waals surface area contributed by atoms with Gasteiger partial charge in [0, 0.05) is 29.6 Å². The Morgan fingerprint density at radius 1 is 1.29 bits per heavy atom. The lowest BCUT2D eigenvalue weighted by Crippen LogP contribution is -2.09. The number of nitrogens with zero attached hydrogens (tertiary/aromatic N) is 2. The van der Waals surface area contributed by atoms with Crippen LogP contribution in [0, 0.1) is 13.8 Å². The van der Waals surface area contributed by atoms with Gasteiger partial charge in [-0.3, -0.25) is 4.68 Å². The van der Waals surface area contributed by atoms with Crippen molar-refractivity contribution in [2.45, 2.75) is 40.3 Å². The van der Waals surface area contributed by atoms with E-state index in [-0.39, 0.29) is 6.04 Å². The van der Waals surface area contributed by atoms with Gasteiger partial charge in [-0.25, -0.2) is 0 Å². The summed E-state index contributed by atoms with van der Waals surface area (Å²) in [5.41, 5.74) is 4.58. The molecule has 1 unspecified atom stereocenters. The molecular weight excluding hydrogens is 266 g/mol. The largest absolute Gasteiger partial charge is 0.454 e. The summed E-state index contributed by atoms with van der Waals surface area (Å²) in [4.78, 5) is 0. The summed E-state index contributed by atoms with van der Waals surface area (Å²) >= 11 is 0. The first kappa shape index (κ1) is 13.8. The number of aromatic nitrogens is 2. The van der Waals surface area contributed by atoms with Crippen LogP contribution in [-0.4, -0.2) is 16.6 Å². The predicted molar refractivity (Wildman–Crippen MR) is 82.0 cm³/mol. The molecule has 112 valence electrons. The highest BCUT2D eigenvalue weighted by atomic mass is 16.7. The van der Waals surface area contributed by atoms with E-state index in [0.29, 0.717) is 6.79 Å². The Balaban J connectivity index is 1.83. The van der Waals surface area contributed by atoms with E-state index in [1.54, 1.807) is 0 Å². The molecule has 0 aliphatic carbocycles. The highest BCUT2D eigenvalue weighted by Gasteiger charge is 2.18. The molecular formula is C16H21N3O2. The third-order valence-electron chi connectivity index (χ3n) is 3.93. The molecule has 2 heterocycles. The second-order valence-electron chi connectivity index (χ2n) is 5.33. The number of aryl methyl sites for hydroxylation is 2. The molecule has 2 aromatic rings. The second kappa shape index (κ2) is 5.31. The van der Waals surface area contributed by atoms with Crippen LogP contribution < -0.4 is 14.8 Å². The summed E-state index contributed by atoms with van der Waals surface area (Å²) in [6, 6.07) is 6.12. The van der Waals surface area contributed by atoms with Gasteiger partial charge in [0.05, 0.1) is 11.7 Å². The molecule has 1 aromatic carbocycles. The third-order valence-corrected chi connectivity index (χ3v) is 3.93. The van der Waals surface area contributed by atoms with E-state index in [4.69, 9.17) is 9.47 Å². The van der Waals surface area contributed by atoms with E-state index in [1.165, 1.54) is 11.3 Å². The maximum absolute atomic E-state index is 5.42. The summed E-state index contributed by atoms with van der Waals surface area (Å²) in [5.74, 6) is 1.60. The number of benzene rings is 1. The molecule has 0 saturated heterocycles. The van der Waals surface area contributed by atoms with Crippen molar-refractivity contribution >= 4 is 5.69 Å². The van der Waals surface area contributed by atoms with Gasteiger partial charge < -0.3 is 14.8 Å². The summed E-state index contributed by atoms with van der Waals surface area (Å²) in [5, 5.41) is 8.10. The fourth-order valence-electron chi connectivity index (χ4n) is 2.95. The zero-order valence-corrected chi connectivity index (χ0v) is 12.9. The Kier molecular flexibility index (Phi) is 3.49. The number of rotatable bonds is 4. The number of anilines is 1. The molecule has 1 aromatic heterocycles. The standard InChI is InChI=1S/C16H21N3O2/c1-5-19-12(4)16(11(3)18-19)10(2)17-13-6-7-14-15(8-13)21-9-20-14/h6-8,10,17H,5,9H2,1-4H3.